The molecule has 2 nitrogen and oxygen atoms in total. The van der Waals surface area contributed by atoms with Crippen LogP contribution in [0.15, 0.2) is 42.5 Å². The molecule has 98 valence electrons. The van der Waals surface area contributed by atoms with Crippen LogP contribution in [0.1, 0.15) is 18.4 Å². The monoisotopic (exact) mass is 262 g/mol. The molecular weight excluding hydrogens is 248 g/mol. The number of carboxylic acids is 1. The van der Waals surface area contributed by atoms with Gasteiger partial charge in [0.2, 0.25) is 0 Å². The Hall–Kier alpha value is -2.71. The fourth-order valence-electron chi connectivity index (χ4n) is 2.38. The molecule has 0 aliphatic rings. The highest BCUT2D eigenvalue weighted by Gasteiger charge is 2.39. The van der Waals surface area contributed by atoms with E-state index in [4.69, 9.17) is 12.8 Å². The summed E-state index contributed by atoms with van der Waals surface area (Å²) in [5.74, 6) is 3.91. The second-order valence-corrected chi connectivity index (χ2v) is 4.71. The molecule has 2 aromatic rings. The number of carbonyl (C=O) groups is 1. The van der Waals surface area contributed by atoms with Crippen LogP contribution in [0.2, 0.25) is 0 Å². The van der Waals surface area contributed by atoms with E-state index < -0.39 is 11.4 Å². The molecule has 1 N–H and O–H groups in total. The number of aliphatic carboxylic acids is 1. The van der Waals surface area contributed by atoms with E-state index in [2.05, 4.69) is 11.8 Å². The molecule has 0 aromatic heterocycles. The first kappa shape index (κ1) is 13.7. The average Bonchev–Trinajstić information content (AvgIpc) is 2.46. The van der Waals surface area contributed by atoms with Crippen molar-refractivity contribution in [2.75, 3.05) is 0 Å². The molecule has 0 unspecified atom stereocenters. The maximum atomic E-state index is 11.7. The van der Waals surface area contributed by atoms with E-state index in [0.29, 0.717) is 5.56 Å². The first-order valence-corrected chi connectivity index (χ1v) is 6.23. The zero-order chi connectivity index (χ0) is 14.6. The molecule has 2 heteroatoms. The van der Waals surface area contributed by atoms with Gasteiger partial charge in [-0.05, 0) is 22.4 Å². The molecule has 0 aliphatic heterocycles. The molecule has 0 fully saturated rings. The van der Waals surface area contributed by atoms with Crippen LogP contribution < -0.4 is 0 Å². The molecule has 0 aliphatic carbocycles. The molecule has 0 bridgehead atoms. The van der Waals surface area contributed by atoms with E-state index in [9.17, 15) is 9.90 Å². The third-order valence-corrected chi connectivity index (χ3v) is 3.52. The SMILES string of the molecule is C#CCC(CC#C)(C(=O)O)c1ccc2ccccc2c1. The smallest absolute Gasteiger partial charge is 0.316 e. The summed E-state index contributed by atoms with van der Waals surface area (Å²) < 4.78 is 0. The summed E-state index contributed by atoms with van der Waals surface area (Å²) >= 11 is 0. The number of benzene rings is 2. The van der Waals surface area contributed by atoms with Crippen molar-refractivity contribution in [1.82, 2.24) is 0 Å². The lowest BCUT2D eigenvalue weighted by atomic mass is 9.75. The summed E-state index contributed by atoms with van der Waals surface area (Å²) in [6.45, 7) is 0. The van der Waals surface area contributed by atoms with E-state index in [1.54, 1.807) is 6.07 Å². The number of hydrogen-bond donors (Lipinski definition) is 1. The van der Waals surface area contributed by atoms with Gasteiger partial charge in [-0.2, -0.15) is 0 Å². The van der Waals surface area contributed by atoms with Crippen LogP contribution in [0.3, 0.4) is 0 Å². The van der Waals surface area contributed by atoms with Gasteiger partial charge in [0.1, 0.15) is 5.41 Å². The van der Waals surface area contributed by atoms with Gasteiger partial charge in [0.25, 0.3) is 0 Å². The summed E-state index contributed by atoms with van der Waals surface area (Å²) in [5.41, 5.74) is -0.562. The Labute approximate surface area is 118 Å². The number of fused-ring (bicyclic) bond motifs is 1. The van der Waals surface area contributed by atoms with Crippen molar-refractivity contribution in [3.05, 3.63) is 48.0 Å². The summed E-state index contributed by atoms with van der Waals surface area (Å²) in [6.07, 6.45) is 10.9. The summed E-state index contributed by atoms with van der Waals surface area (Å²) in [7, 11) is 0. The van der Waals surface area contributed by atoms with E-state index in [0.717, 1.165) is 10.8 Å². The normalized spacial score (nSPS) is 10.7. The highest BCUT2D eigenvalue weighted by molar-refractivity contribution is 5.87. The minimum Gasteiger partial charge on any atom is -0.481 e. The van der Waals surface area contributed by atoms with Crippen molar-refractivity contribution in [3.8, 4) is 24.7 Å². The second kappa shape index (κ2) is 5.51. The standard InChI is InChI=1S/C18H14O2/c1-3-11-18(12-4-2,17(19)20)16-10-9-14-7-5-6-8-15(14)13-16/h1-2,5-10,13H,11-12H2,(H,19,20). The highest BCUT2D eigenvalue weighted by Crippen LogP contribution is 2.33. The topological polar surface area (TPSA) is 37.3 Å². The first-order valence-electron chi connectivity index (χ1n) is 6.23. The van der Waals surface area contributed by atoms with Gasteiger partial charge >= 0.3 is 5.97 Å². The quantitative estimate of drug-likeness (QED) is 0.859. The van der Waals surface area contributed by atoms with Crippen LogP contribution in [-0.2, 0) is 10.2 Å². The fourth-order valence-corrected chi connectivity index (χ4v) is 2.38. The van der Waals surface area contributed by atoms with E-state index >= 15 is 0 Å². The maximum absolute atomic E-state index is 11.7. The summed E-state index contributed by atoms with van der Waals surface area (Å²) in [4.78, 5) is 11.7. The van der Waals surface area contributed by atoms with Gasteiger partial charge in [0, 0.05) is 12.8 Å². The fraction of sp³-hybridized carbons (Fsp3) is 0.167. The molecule has 0 heterocycles. The van der Waals surface area contributed by atoms with Crippen LogP contribution in [0, 0.1) is 24.7 Å². The number of hydrogen-bond acceptors (Lipinski definition) is 1. The van der Waals surface area contributed by atoms with Crippen molar-refractivity contribution in [2.24, 2.45) is 0 Å². The van der Waals surface area contributed by atoms with Gasteiger partial charge in [0.15, 0.2) is 0 Å². The van der Waals surface area contributed by atoms with Crippen molar-refractivity contribution >= 4 is 16.7 Å². The Morgan fingerprint density at radius 2 is 1.65 bits per heavy atom. The van der Waals surface area contributed by atoms with Gasteiger partial charge in [-0.1, -0.05) is 36.4 Å². The van der Waals surface area contributed by atoms with Crippen LogP contribution in [-0.4, -0.2) is 11.1 Å². The van der Waals surface area contributed by atoms with Gasteiger partial charge in [-0.25, -0.2) is 0 Å². The average molecular weight is 262 g/mol. The minimum absolute atomic E-state index is 0.0743. The van der Waals surface area contributed by atoms with E-state index in [-0.39, 0.29) is 12.8 Å². The molecule has 0 amide bonds. The Kier molecular flexibility index (Phi) is 3.78. The molecule has 2 aromatic carbocycles. The van der Waals surface area contributed by atoms with Crippen molar-refractivity contribution in [1.29, 1.82) is 0 Å². The van der Waals surface area contributed by atoms with Crippen molar-refractivity contribution in [2.45, 2.75) is 18.3 Å². The Morgan fingerprint density at radius 3 is 2.20 bits per heavy atom. The lowest BCUT2D eigenvalue weighted by Gasteiger charge is -2.26. The molecule has 0 saturated heterocycles. The molecule has 0 radical (unpaired) electrons. The number of carboxylic acid groups (broad SMARTS) is 1. The van der Waals surface area contributed by atoms with E-state index in [1.165, 1.54) is 0 Å². The van der Waals surface area contributed by atoms with E-state index in [1.807, 2.05) is 36.4 Å². The van der Waals surface area contributed by atoms with Crippen LogP contribution in [0.5, 0.6) is 0 Å². The van der Waals surface area contributed by atoms with Gasteiger partial charge in [-0.15, -0.1) is 24.7 Å². The molecule has 2 rings (SSSR count). The molecular formula is C18H14O2. The van der Waals surface area contributed by atoms with Crippen LogP contribution in [0.4, 0.5) is 0 Å². The molecule has 0 saturated carbocycles. The van der Waals surface area contributed by atoms with Crippen LogP contribution in [0.25, 0.3) is 10.8 Å². The molecule has 0 atom stereocenters. The maximum Gasteiger partial charge on any atom is 0.316 e. The Bertz CT molecular complexity index is 713. The third-order valence-electron chi connectivity index (χ3n) is 3.52. The zero-order valence-electron chi connectivity index (χ0n) is 11.0. The van der Waals surface area contributed by atoms with Crippen molar-refractivity contribution in [3.63, 3.8) is 0 Å². The highest BCUT2D eigenvalue weighted by atomic mass is 16.4. The summed E-state index contributed by atoms with van der Waals surface area (Å²) in [6, 6.07) is 13.3. The minimum atomic E-state index is -1.21. The lowest BCUT2D eigenvalue weighted by Crippen LogP contribution is -2.35. The predicted octanol–water partition coefficient (Wildman–Crippen LogP) is 3.21. The zero-order valence-corrected chi connectivity index (χ0v) is 11.0. The third kappa shape index (κ3) is 2.25. The van der Waals surface area contributed by atoms with Gasteiger partial charge in [0.05, 0.1) is 0 Å². The number of rotatable bonds is 4. The molecule has 0 spiro atoms. The lowest BCUT2D eigenvalue weighted by molar-refractivity contribution is -0.143. The largest absolute Gasteiger partial charge is 0.481 e. The first-order chi connectivity index (χ1) is 9.64. The van der Waals surface area contributed by atoms with Crippen LogP contribution >= 0.6 is 0 Å². The molecule has 20 heavy (non-hydrogen) atoms. The Balaban J connectivity index is 2.65. The summed E-state index contributed by atoms with van der Waals surface area (Å²) in [5, 5.41) is 11.6. The number of terminal acetylenes is 2. The van der Waals surface area contributed by atoms with Gasteiger partial charge in [-0.3, -0.25) is 4.79 Å². The second-order valence-electron chi connectivity index (χ2n) is 4.71. The Morgan fingerprint density at radius 1 is 1.05 bits per heavy atom. The van der Waals surface area contributed by atoms with Crippen molar-refractivity contribution < 1.29 is 9.90 Å². The predicted molar refractivity (Wildman–Crippen MR) is 80.2 cm³/mol. The van der Waals surface area contributed by atoms with Gasteiger partial charge < -0.3 is 5.11 Å².